The van der Waals surface area contributed by atoms with Crippen molar-refractivity contribution in [3.63, 3.8) is 0 Å². The molecule has 0 bridgehead atoms. The molecule has 0 spiro atoms. The summed E-state index contributed by atoms with van der Waals surface area (Å²) in [7, 11) is 0. The number of benzene rings is 1. The molecule has 1 fully saturated rings. The number of aliphatic hydroxyl groups is 1. The number of rotatable bonds is 2. The van der Waals surface area contributed by atoms with E-state index in [9.17, 15) is 9.90 Å². The lowest BCUT2D eigenvalue weighted by Crippen LogP contribution is -2.49. The van der Waals surface area contributed by atoms with Crippen LogP contribution in [0.1, 0.15) is 45.6 Å². The average molecular weight is 305 g/mol. The zero-order chi connectivity index (χ0) is 16.2. The number of nitrogens with zero attached hydrogens (tertiary/aromatic N) is 1. The first-order chi connectivity index (χ1) is 10.4. The van der Waals surface area contributed by atoms with Crippen molar-refractivity contribution in [1.82, 2.24) is 4.90 Å². The van der Waals surface area contributed by atoms with Crippen molar-refractivity contribution < 1.29 is 14.6 Å². The Morgan fingerprint density at radius 3 is 2.59 bits per heavy atom. The predicted octanol–water partition coefficient (Wildman–Crippen LogP) is 3.38. The first-order valence-corrected chi connectivity index (χ1v) is 8.08. The third-order valence-corrected chi connectivity index (χ3v) is 3.91. The smallest absolute Gasteiger partial charge is 0.410 e. The molecule has 122 valence electrons. The topological polar surface area (TPSA) is 49.8 Å². The molecule has 2 rings (SSSR count). The lowest BCUT2D eigenvalue weighted by Gasteiger charge is -2.34. The van der Waals surface area contributed by atoms with Crippen LogP contribution in [0.2, 0.25) is 0 Å². The van der Waals surface area contributed by atoms with Gasteiger partial charge < -0.3 is 14.7 Å². The van der Waals surface area contributed by atoms with Crippen molar-refractivity contribution in [2.45, 2.75) is 64.2 Å². The van der Waals surface area contributed by atoms with Gasteiger partial charge in [-0.1, -0.05) is 30.3 Å². The van der Waals surface area contributed by atoms with Crippen LogP contribution in [-0.4, -0.2) is 40.4 Å². The molecule has 1 aliphatic heterocycles. The molecule has 0 unspecified atom stereocenters. The Balaban J connectivity index is 2.17. The normalized spacial score (nSPS) is 23.0. The van der Waals surface area contributed by atoms with E-state index in [4.69, 9.17) is 4.74 Å². The van der Waals surface area contributed by atoms with Crippen LogP contribution in [0.4, 0.5) is 4.79 Å². The maximum atomic E-state index is 12.5. The van der Waals surface area contributed by atoms with Gasteiger partial charge in [0, 0.05) is 6.54 Å². The molecule has 2 atom stereocenters. The van der Waals surface area contributed by atoms with Gasteiger partial charge in [-0.2, -0.15) is 0 Å². The van der Waals surface area contributed by atoms with Gasteiger partial charge >= 0.3 is 6.09 Å². The number of likely N-dealkylation sites (tertiary alicyclic amines) is 1. The molecule has 0 radical (unpaired) electrons. The minimum atomic E-state index is -0.522. The number of ether oxygens (including phenoxy) is 1. The minimum absolute atomic E-state index is 0.222. The van der Waals surface area contributed by atoms with Gasteiger partial charge in [0.1, 0.15) is 5.60 Å². The predicted molar refractivity (Wildman–Crippen MR) is 86.7 cm³/mol. The highest BCUT2D eigenvalue weighted by Gasteiger charge is 2.34. The molecule has 1 aromatic carbocycles. The van der Waals surface area contributed by atoms with Crippen LogP contribution >= 0.6 is 0 Å². The fourth-order valence-corrected chi connectivity index (χ4v) is 2.85. The van der Waals surface area contributed by atoms with Crippen LogP contribution in [0.25, 0.3) is 0 Å². The van der Waals surface area contributed by atoms with Crippen LogP contribution in [0, 0.1) is 0 Å². The second kappa shape index (κ2) is 7.14. The van der Waals surface area contributed by atoms with E-state index in [1.807, 2.05) is 51.1 Å². The van der Waals surface area contributed by atoms with Gasteiger partial charge in [0.15, 0.2) is 0 Å². The van der Waals surface area contributed by atoms with Crippen LogP contribution in [0.3, 0.4) is 0 Å². The third-order valence-electron chi connectivity index (χ3n) is 3.91. The Morgan fingerprint density at radius 1 is 1.27 bits per heavy atom. The summed E-state index contributed by atoms with van der Waals surface area (Å²) in [4.78, 5) is 14.2. The highest BCUT2D eigenvalue weighted by atomic mass is 16.6. The molecule has 4 nitrogen and oxygen atoms in total. The van der Waals surface area contributed by atoms with E-state index in [2.05, 4.69) is 0 Å². The van der Waals surface area contributed by atoms with E-state index in [1.54, 1.807) is 4.90 Å². The van der Waals surface area contributed by atoms with Gasteiger partial charge in [0.25, 0.3) is 0 Å². The highest BCUT2D eigenvalue weighted by Crippen LogP contribution is 2.23. The summed E-state index contributed by atoms with van der Waals surface area (Å²) in [6, 6.07) is 9.78. The highest BCUT2D eigenvalue weighted by molar-refractivity contribution is 5.68. The van der Waals surface area contributed by atoms with Gasteiger partial charge in [-0.15, -0.1) is 0 Å². The zero-order valence-electron chi connectivity index (χ0n) is 13.8. The van der Waals surface area contributed by atoms with Gasteiger partial charge in [-0.3, -0.25) is 0 Å². The zero-order valence-corrected chi connectivity index (χ0v) is 13.8. The van der Waals surface area contributed by atoms with Crippen LogP contribution in [0.5, 0.6) is 0 Å². The Labute approximate surface area is 133 Å². The molecule has 1 saturated heterocycles. The second-order valence-electron chi connectivity index (χ2n) is 6.99. The van der Waals surface area contributed by atoms with E-state index < -0.39 is 11.7 Å². The van der Waals surface area contributed by atoms with E-state index in [1.165, 1.54) is 0 Å². The first-order valence-electron chi connectivity index (χ1n) is 8.08. The fraction of sp³-hybridized carbons (Fsp3) is 0.611. The average Bonchev–Trinajstić information content (AvgIpc) is 2.61. The summed E-state index contributed by atoms with van der Waals surface area (Å²) < 4.78 is 5.52. The molecule has 1 amide bonds. The molecule has 0 saturated carbocycles. The van der Waals surface area contributed by atoms with Crippen molar-refractivity contribution >= 4 is 6.09 Å². The van der Waals surface area contributed by atoms with E-state index in [-0.39, 0.29) is 12.1 Å². The van der Waals surface area contributed by atoms with E-state index in [0.717, 1.165) is 24.8 Å². The van der Waals surface area contributed by atoms with Crippen molar-refractivity contribution in [3.8, 4) is 0 Å². The molecule has 1 aromatic rings. The Kier molecular flexibility index (Phi) is 5.46. The Hall–Kier alpha value is -1.55. The maximum absolute atomic E-state index is 12.5. The molecule has 22 heavy (non-hydrogen) atoms. The minimum Gasteiger partial charge on any atom is -0.444 e. The number of hydrogen-bond donors (Lipinski definition) is 1. The number of carbonyl (C=O) groups excluding carboxylic acids is 1. The Morgan fingerprint density at radius 2 is 1.95 bits per heavy atom. The first kappa shape index (κ1) is 16.8. The number of hydrogen-bond acceptors (Lipinski definition) is 3. The standard InChI is InChI=1S/C18H27NO3/c1-18(2,3)22-17(21)19-12-8-7-11-16(20)15(19)13-14-9-5-4-6-10-14/h4-6,9-10,15-16,20H,7-8,11-13H2,1-3H3/t15-,16-/m0/s1. The molecular formula is C18H27NO3. The van der Waals surface area contributed by atoms with Gasteiger partial charge in [0.2, 0.25) is 0 Å². The van der Waals surface area contributed by atoms with Gasteiger partial charge in [-0.05, 0) is 52.0 Å². The van der Waals surface area contributed by atoms with Crippen LogP contribution in [0.15, 0.2) is 30.3 Å². The summed E-state index contributed by atoms with van der Waals surface area (Å²) >= 11 is 0. The fourth-order valence-electron chi connectivity index (χ4n) is 2.85. The monoisotopic (exact) mass is 305 g/mol. The maximum Gasteiger partial charge on any atom is 0.410 e. The van der Waals surface area contributed by atoms with E-state index >= 15 is 0 Å². The quantitative estimate of drug-likeness (QED) is 0.911. The number of aliphatic hydroxyl groups excluding tert-OH is 1. The molecule has 0 aliphatic carbocycles. The molecule has 0 aromatic heterocycles. The summed E-state index contributed by atoms with van der Waals surface area (Å²) in [5.74, 6) is 0. The molecular weight excluding hydrogens is 278 g/mol. The van der Waals surface area contributed by atoms with Crippen LogP contribution in [-0.2, 0) is 11.2 Å². The molecule has 4 heteroatoms. The largest absolute Gasteiger partial charge is 0.444 e. The molecule has 1 aliphatic rings. The van der Waals surface area contributed by atoms with Crippen molar-refractivity contribution in [3.05, 3.63) is 35.9 Å². The van der Waals surface area contributed by atoms with E-state index in [0.29, 0.717) is 13.0 Å². The second-order valence-corrected chi connectivity index (χ2v) is 6.99. The van der Waals surface area contributed by atoms with Gasteiger partial charge in [-0.25, -0.2) is 4.79 Å². The van der Waals surface area contributed by atoms with Crippen molar-refractivity contribution in [2.75, 3.05) is 6.54 Å². The van der Waals surface area contributed by atoms with Crippen molar-refractivity contribution in [1.29, 1.82) is 0 Å². The molecule has 1 N–H and O–H groups in total. The SMILES string of the molecule is CC(C)(C)OC(=O)N1CCCC[C@H](O)[C@@H]1Cc1ccccc1. The molecule has 1 heterocycles. The third kappa shape index (κ3) is 4.73. The summed E-state index contributed by atoms with van der Waals surface area (Å²) in [6.07, 6.45) is 2.40. The van der Waals surface area contributed by atoms with Crippen LogP contribution < -0.4 is 0 Å². The number of carbonyl (C=O) groups is 1. The lowest BCUT2D eigenvalue weighted by atomic mass is 9.98. The summed E-state index contributed by atoms with van der Waals surface area (Å²) in [5, 5.41) is 10.5. The summed E-state index contributed by atoms with van der Waals surface area (Å²) in [6.45, 7) is 6.24. The van der Waals surface area contributed by atoms with Gasteiger partial charge in [0.05, 0.1) is 12.1 Å². The Bertz CT molecular complexity index is 481. The van der Waals surface area contributed by atoms with Crippen molar-refractivity contribution in [2.24, 2.45) is 0 Å². The summed E-state index contributed by atoms with van der Waals surface area (Å²) in [5.41, 5.74) is 0.605. The number of amides is 1. The lowest BCUT2D eigenvalue weighted by molar-refractivity contribution is -0.00175.